The number of hydrogen-bond donors (Lipinski definition) is 0. The Hall–Kier alpha value is -4.03. The maximum absolute atomic E-state index is 12.9. The lowest BCUT2D eigenvalue weighted by Crippen LogP contribution is -2.30. The van der Waals surface area contributed by atoms with E-state index < -0.39 is 0 Å². The van der Waals surface area contributed by atoms with Crippen LogP contribution in [0.4, 0.5) is 0 Å². The molecule has 3 aromatic carbocycles. The second-order valence-corrected chi connectivity index (χ2v) is 8.37. The van der Waals surface area contributed by atoms with E-state index in [9.17, 15) is 9.59 Å². The molecule has 6 nitrogen and oxygen atoms in total. The van der Waals surface area contributed by atoms with Crippen LogP contribution in [0.5, 0.6) is 0 Å². The van der Waals surface area contributed by atoms with Crippen LogP contribution in [-0.4, -0.2) is 32.0 Å². The van der Waals surface area contributed by atoms with E-state index in [2.05, 4.69) is 4.98 Å². The topological polar surface area (TPSA) is 67.6 Å². The Bertz CT molecular complexity index is 1440. The smallest absolute Gasteiger partial charge is 0.261 e. The number of halogens is 1. The molecule has 4 aromatic rings. The third-order valence-corrected chi connectivity index (χ3v) is 6.22. The van der Waals surface area contributed by atoms with Gasteiger partial charge in [0.05, 0.1) is 47.5 Å². The third-order valence-electron chi connectivity index (χ3n) is 5.99. The van der Waals surface area contributed by atoms with Crippen LogP contribution in [0.1, 0.15) is 43.4 Å². The van der Waals surface area contributed by atoms with E-state index >= 15 is 0 Å². The number of benzene rings is 3. The minimum absolute atomic E-state index is 0.0646. The SMILES string of the molecule is O=C1c2ccccc2C(=O)N1Cc1ncc2n1-c1ccc(Cl)cc1C(c1ccccc1)=NC2. The van der Waals surface area contributed by atoms with Gasteiger partial charge in [0, 0.05) is 16.1 Å². The molecule has 160 valence electrons. The molecule has 1 aromatic heterocycles. The molecule has 6 rings (SSSR count). The van der Waals surface area contributed by atoms with Crippen molar-refractivity contribution in [2.45, 2.75) is 13.1 Å². The fraction of sp³-hybridized carbons (Fsp3) is 0.0769. The minimum Gasteiger partial charge on any atom is -0.297 e. The predicted octanol–water partition coefficient (Wildman–Crippen LogP) is 4.67. The van der Waals surface area contributed by atoms with Gasteiger partial charge in [-0.25, -0.2) is 4.98 Å². The second-order valence-electron chi connectivity index (χ2n) is 7.94. The molecule has 0 aliphatic carbocycles. The van der Waals surface area contributed by atoms with Crippen LogP contribution in [0.3, 0.4) is 0 Å². The number of aliphatic imine (C=N–C) groups is 1. The van der Waals surface area contributed by atoms with E-state index in [1.165, 1.54) is 4.90 Å². The minimum atomic E-state index is -0.306. The number of rotatable bonds is 3. The van der Waals surface area contributed by atoms with Crippen LogP contribution in [0, 0.1) is 0 Å². The maximum atomic E-state index is 12.9. The van der Waals surface area contributed by atoms with Gasteiger partial charge in [0.25, 0.3) is 11.8 Å². The highest BCUT2D eigenvalue weighted by Crippen LogP contribution is 2.31. The molecule has 0 spiro atoms. The number of carbonyl (C=O) groups is 2. The largest absolute Gasteiger partial charge is 0.297 e. The van der Waals surface area contributed by atoms with E-state index in [0.717, 1.165) is 28.2 Å². The summed E-state index contributed by atoms with van der Waals surface area (Å²) < 4.78 is 1.98. The summed E-state index contributed by atoms with van der Waals surface area (Å²) in [5, 5.41) is 0.600. The molecular weight excluding hydrogens is 436 g/mol. The Morgan fingerprint density at radius 1 is 0.848 bits per heavy atom. The standard InChI is InChI=1S/C26H17ClN4O2/c27-17-10-11-22-21(12-17)24(16-6-2-1-3-7-16)29-14-18-13-28-23(31(18)22)15-30-25(32)19-8-4-5-9-20(19)26(30)33/h1-13H,14-15H2. The average molecular weight is 453 g/mol. The van der Waals surface area contributed by atoms with Crippen LogP contribution < -0.4 is 0 Å². The number of imidazole rings is 1. The van der Waals surface area contributed by atoms with Crippen molar-refractivity contribution < 1.29 is 9.59 Å². The first-order valence-corrected chi connectivity index (χ1v) is 10.9. The Morgan fingerprint density at radius 2 is 1.55 bits per heavy atom. The van der Waals surface area contributed by atoms with Crippen molar-refractivity contribution in [3.05, 3.63) is 118 Å². The van der Waals surface area contributed by atoms with E-state index in [1.807, 2.05) is 53.1 Å². The fourth-order valence-corrected chi connectivity index (χ4v) is 4.62. The number of amides is 2. The maximum Gasteiger partial charge on any atom is 0.261 e. The van der Waals surface area contributed by atoms with Gasteiger partial charge in [-0.3, -0.25) is 24.0 Å². The summed E-state index contributed by atoms with van der Waals surface area (Å²) in [5.74, 6) is -0.0224. The summed E-state index contributed by atoms with van der Waals surface area (Å²) in [6, 6.07) is 22.5. The zero-order valence-corrected chi connectivity index (χ0v) is 18.2. The van der Waals surface area contributed by atoms with Gasteiger partial charge >= 0.3 is 0 Å². The van der Waals surface area contributed by atoms with Crippen molar-refractivity contribution in [2.24, 2.45) is 4.99 Å². The zero-order chi connectivity index (χ0) is 22.5. The number of nitrogens with zero attached hydrogens (tertiary/aromatic N) is 4. The molecule has 3 heterocycles. The van der Waals surface area contributed by atoms with Gasteiger partial charge in [-0.15, -0.1) is 0 Å². The highest BCUT2D eigenvalue weighted by Gasteiger charge is 2.36. The van der Waals surface area contributed by atoms with Gasteiger partial charge in [0.15, 0.2) is 0 Å². The molecule has 2 amide bonds. The Labute approximate surface area is 194 Å². The van der Waals surface area contributed by atoms with Crippen molar-refractivity contribution in [1.29, 1.82) is 0 Å². The van der Waals surface area contributed by atoms with Gasteiger partial charge in [-0.05, 0) is 30.3 Å². The van der Waals surface area contributed by atoms with Crippen LogP contribution in [0.15, 0.2) is 84.0 Å². The molecule has 0 N–H and O–H groups in total. The number of carbonyl (C=O) groups excluding carboxylic acids is 2. The quantitative estimate of drug-likeness (QED) is 0.424. The van der Waals surface area contributed by atoms with Gasteiger partial charge in [-0.1, -0.05) is 54.1 Å². The number of aromatic nitrogens is 2. The van der Waals surface area contributed by atoms with Crippen molar-refractivity contribution >= 4 is 29.1 Å². The van der Waals surface area contributed by atoms with Gasteiger partial charge in [-0.2, -0.15) is 0 Å². The molecule has 0 saturated heterocycles. The highest BCUT2D eigenvalue weighted by atomic mass is 35.5. The number of fused-ring (bicyclic) bond motifs is 4. The van der Waals surface area contributed by atoms with Crippen LogP contribution >= 0.6 is 11.6 Å². The molecule has 0 bridgehead atoms. The first kappa shape index (κ1) is 19.6. The van der Waals surface area contributed by atoms with Gasteiger partial charge < -0.3 is 0 Å². The fourth-order valence-electron chi connectivity index (χ4n) is 4.45. The number of imide groups is 1. The summed E-state index contributed by atoms with van der Waals surface area (Å²) in [6.07, 6.45) is 1.75. The van der Waals surface area contributed by atoms with Gasteiger partial charge in [0.1, 0.15) is 5.82 Å². The molecule has 33 heavy (non-hydrogen) atoms. The molecule has 0 fully saturated rings. The molecule has 7 heteroatoms. The van der Waals surface area contributed by atoms with E-state index in [0.29, 0.717) is 28.5 Å². The molecule has 2 aliphatic rings. The summed E-state index contributed by atoms with van der Waals surface area (Å²) in [7, 11) is 0. The van der Waals surface area contributed by atoms with Crippen molar-refractivity contribution in [3.63, 3.8) is 0 Å². The highest BCUT2D eigenvalue weighted by molar-refractivity contribution is 6.31. The average Bonchev–Trinajstić information content (AvgIpc) is 3.28. The summed E-state index contributed by atoms with van der Waals surface area (Å²) >= 11 is 6.37. The Kier molecular flexibility index (Phi) is 4.48. The first-order valence-electron chi connectivity index (χ1n) is 10.5. The van der Waals surface area contributed by atoms with Crippen molar-refractivity contribution in [1.82, 2.24) is 14.5 Å². The summed E-state index contributed by atoms with van der Waals surface area (Å²) in [5.41, 5.74) is 5.27. The van der Waals surface area contributed by atoms with Crippen molar-refractivity contribution in [2.75, 3.05) is 0 Å². The van der Waals surface area contributed by atoms with Crippen LogP contribution in [0.25, 0.3) is 5.69 Å². The van der Waals surface area contributed by atoms with E-state index in [4.69, 9.17) is 16.6 Å². The lowest BCUT2D eigenvalue weighted by Gasteiger charge is -2.18. The second kappa shape index (κ2) is 7.53. The van der Waals surface area contributed by atoms with Crippen LogP contribution in [0.2, 0.25) is 5.02 Å². The molecule has 0 atom stereocenters. The molecule has 2 aliphatic heterocycles. The van der Waals surface area contributed by atoms with E-state index in [1.54, 1.807) is 30.5 Å². The number of hydrogen-bond acceptors (Lipinski definition) is 4. The van der Waals surface area contributed by atoms with E-state index in [-0.39, 0.29) is 18.4 Å². The zero-order valence-electron chi connectivity index (χ0n) is 17.4. The lowest BCUT2D eigenvalue weighted by atomic mass is 10.0. The Balaban J connectivity index is 1.45. The normalized spacial score (nSPS) is 14.5. The first-order chi connectivity index (χ1) is 16.1. The summed E-state index contributed by atoms with van der Waals surface area (Å²) in [6.45, 7) is 0.473. The Morgan fingerprint density at radius 3 is 2.27 bits per heavy atom. The monoisotopic (exact) mass is 452 g/mol. The van der Waals surface area contributed by atoms with Gasteiger partial charge in [0.2, 0.25) is 0 Å². The third kappa shape index (κ3) is 3.10. The van der Waals surface area contributed by atoms with Crippen molar-refractivity contribution in [3.8, 4) is 5.69 Å². The molecular formula is C26H17ClN4O2. The van der Waals surface area contributed by atoms with Crippen LogP contribution in [-0.2, 0) is 13.1 Å². The molecule has 0 radical (unpaired) electrons. The lowest BCUT2D eigenvalue weighted by molar-refractivity contribution is 0.0637. The molecule has 0 saturated carbocycles. The predicted molar refractivity (Wildman–Crippen MR) is 125 cm³/mol. The molecule has 0 unspecified atom stereocenters. The summed E-state index contributed by atoms with van der Waals surface area (Å²) in [4.78, 5) is 36.5.